The molecule has 11 heavy (non-hydrogen) atoms. The van der Waals surface area contributed by atoms with Gasteiger partial charge in [-0.05, 0) is 25.4 Å². The largest absolute Gasteiger partial charge is 0.275 e. The van der Waals surface area contributed by atoms with Crippen molar-refractivity contribution in [2.45, 2.75) is 13.8 Å². The highest BCUT2D eigenvalue weighted by molar-refractivity contribution is 6.68. The molecule has 0 amide bonds. The number of rotatable bonds is 2. The Bertz CT molecular complexity index is 227. The van der Waals surface area contributed by atoms with Gasteiger partial charge >= 0.3 is 0 Å². The van der Waals surface area contributed by atoms with E-state index in [0.29, 0.717) is 0 Å². The van der Waals surface area contributed by atoms with Crippen LogP contribution in [0, 0.1) is 0 Å². The second-order valence-electron chi connectivity index (χ2n) is 1.82. The molecule has 0 saturated carbocycles. The summed E-state index contributed by atoms with van der Waals surface area (Å²) in [6.07, 6.45) is 1.13. The van der Waals surface area contributed by atoms with Gasteiger partial charge in [-0.2, -0.15) is 0 Å². The van der Waals surface area contributed by atoms with Crippen LogP contribution in [-0.4, -0.2) is 5.24 Å². The van der Waals surface area contributed by atoms with Crippen LogP contribution in [0.1, 0.15) is 13.8 Å². The number of allylic oxidation sites excluding steroid dienone is 4. The van der Waals surface area contributed by atoms with Crippen molar-refractivity contribution in [1.82, 2.24) is 0 Å². The maximum Gasteiger partial charge on any atom is 0.256 e. The summed E-state index contributed by atoms with van der Waals surface area (Å²) in [6, 6.07) is 0. The Morgan fingerprint density at radius 3 is 2.00 bits per heavy atom. The molecule has 0 saturated heterocycles. The highest BCUT2D eigenvalue weighted by Gasteiger charge is 2.13. The van der Waals surface area contributed by atoms with Crippen LogP contribution in [0.2, 0.25) is 0 Å². The van der Waals surface area contributed by atoms with Crippen LogP contribution in [0.3, 0.4) is 0 Å². The predicted molar refractivity (Wildman–Crippen MR) is 44.3 cm³/mol. The molecule has 62 valence electrons. The van der Waals surface area contributed by atoms with Gasteiger partial charge in [-0.1, -0.05) is 17.7 Å². The van der Waals surface area contributed by atoms with Gasteiger partial charge in [0.15, 0.2) is 0 Å². The first-order valence-corrected chi connectivity index (χ1v) is 3.64. The molecule has 0 heterocycles. The van der Waals surface area contributed by atoms with Crippen molar-refractivity contribution in [2.24, 2.45) is 0 Å². The molecule has 0 unspecified atom stereocenters. The van der Waals surface area contributed by atoms with Crippen LogP contribution in [-0.2, 0) is 4.79 Å². The Hall–Kier alpha value is -0.340. The average Bonchev–Trinajstić information content (AvgIpc) is 1.85. The second-order valence-corrected chi connectivity index (χ2v) is 2.73. The van der Waals surface area contributed by atoms with Gasteiger partial charge in [0.2, 0.25) is 0 Å². The van der Waals surface area contributed by atoms with Crippen LogP contribution in [0.15, 0.2) is 22.5 Å². The lowest BCUT2D eigenvalue weighted by Crippen LogP contribution is -1.95. The number of hydrogen-bond donors (Lipinski definition) is 0. The minimum Gasteiger partial charge on any atom is -0.275 e. The normalized spacial score (nSPS) is 14.5. The van der Waals surface area contributed by atoms with Crippen molar-refractivity contribution in [3.63, 3.8) is 0 Å². The van der Waals surface area contributed by atoms with Gasteiger partial charge < -0.3 is 0 Å². The number of halogens is 3. The van der Waals surface area contributed by atoms with Crippen molar-refractivity contribution in [2.75, 3.05) is 0 Å². The van der Waals surface area contributed by atoms with Gasteiger partial charge in [0.05, 0.1) is 5.57 Å². The van der Waals surface area contributed by atoms with Crippen LogP contribution < -0.4 is 0 Å². The Morgan fingerprint density at radius 2 is 1.91 bits per heavy atom. The zero-order chi connectivity index (χ0) is 9.02. The summed E-state index contributed by atoms with van der Waals surface area (Å²) in [6.45, 7) is 2.86. The Morgan fingerprint density at radius 1 is 1.45 bits per heavy atom. The molecule has 0 bridgehead atoms. The second kappa shape index (κ2) is 4.52. The molecule has 0 atom stereocenters. The van der Waals surface area contributed by atoms with Crippen molar-refractivity contribution < 1.29 is 9.18 Å². The molecule has 0 aromatic carbocycles. The molecule has 1 nitrogen and oxygen atoms in total. The summed E-state index contributed by atoms with van der Waals surface area (Å²) in [7, 11) is 0. The van der Waals surface area contributed by atoms with Crippen molar-refractivity contribution >= 4 is 28.4 Å². The molecule has 0 aliphatic carbocycles. The zero-order valence-electron chi connectivity index (χ0n) is 6.12. The molecule has 0 aliphatic heterocycles. The molecule has 0 radical (unpaired) electrons. The first-order chi connectivity index (χ1) is 5.00. The summed E-state index contributed by atoms with van der Waals surface area (Å²) in [5.74, 6) is -0.697. The summed E-state index contributed by atoms with van der Waals surface area (Å²) in [5.41, 5.74) is -0.268. The lowest BCUT2D eigenvalue weighted by Gasteiger charge is -1.98. The summed E-state index contributed by atoms with van der Waals surface area (Å²) < 4.78 is 12.7. The van der Waals surface area contributed by atoms with Crippen molar-refractivity contribution in [3.05, 3.63) is 22.5 Å². The Labute approximate surface area is 74.5 Å². The number of hydrogen-bond acceptors (Lipinski definition) is 1. The van der Waals surface area contributed by atoms with Crippen LogP contribution >= 0.6 is 23.2 Å². The highest BCUT2D eigenvalue weighted by Crippen LogP contribution is 2.20. The van der Waals surface area contributed by atoms with E-state index >= 15 is 0 Å². The lowest BCUT2D eigenvalue weighted by molar-refractivity contribution is -0.108. The van der Waals surface area contributed by atoms with E-state index in [9.17, 15) is 9.18 Å². The molecule has 0 aromatic heterocycles. The maximum absolute atomic E-state index is 12.7. The van der Waals surface area contributed by atoms with E-state index < -0.39 is 11.1 Å². The molecule has 0 aliphatic rings. The maximum atomic E-state index is 12.7. The first-order valence-electron chi connectivity index (χ1n) is 2.89. The van der Waals surface area contributed by atoms with Gasteiger partial charge in [0.1, 0.15) is 5.83 Å². The third-order valence-corrected chi connectivity index (χ3v) is 1.41. The van der Waals surface area contributed by atoms with Gasteiger partial charge in [0.25, 0.3) is 5.24 Å². The van der Waals surface area contributed by atoms with E-state index in [2.05, 4.69) is 0 Å². The SMILES string of the molecule is CC=C(F)C(C(=O)Cl)=C(C)Cl. The highest BCUT2D eigenvalue weighted by atomic mass is 35.5. The molecule has 4 heteroatoms. The summed E-state index contributed by atoms with van der Waals surface area (Å²) in [5, 5.41) is -0.825. The van der Waals surface area contributed by atoms with Crippen LogP contribution in [0.5, 0.6) is 0 Å². The fourth-order valence-corrected chi connectivity index (χ4v) is 0.995. The molecule has 0 aromatic rings. The van der Waals surface area contributed by atoms with Crippen molar-refractivity contribution in [3.8, 4) is 0 Å². The number of carbonyl (C=O) groups is 1. The fourth-order valence-electron chi connectivity index (χ4n) is 0.538. The van der Waals surface area contributed by atoms with E-state index in [4.69, 9.17) is 23.2 Å². The third kappa shape index (κ3) is 3.04. The van der Waals surface area contributed by atoms with Gasteiger partial charge in [-0.25, -0.2) is 4.39 Å². The molecular weight excluding hydrogens is 190 g/mol. The molecule has 0 rings (SSSR count). The Kier molecular flexibility index (Phi) is 4.38. The van der Waals surface area contributed by atoms with E-state index in [1.54, 1.807) is 0 Å². The van der Waals surface area contributed by atoms with E-state index in [0.717, 1.165) is 6.08 Å². The molecular formula is C7H7Cl2FO. The van der Waals surface area contributed by atoms with Crippen LogP contribution in [0.4, 0.5) is 4.39 Å². The third-order valence-electron chi connectivity index (χ3n) is 1.03. The van der Waals surface area contributed by atoms with Gasteiger partial charge in [-0.15, -0.1) is 0 Å². The minimum atomic E-state index is -0.881. The smallest absolute Gasteiger partial charge is 0.256 e. The molecule has 0 spiro atoms. The molecule has 0 N–H and O–H groups in total. The first kappa shape index (κ1) is 10.7. The summed E-state index contributed by atoms with van der Waals surface area (Å²) >= 11 is 10.5. The monoisotopic (exact) mass is 196 g/mol. The van der Waals surface area contributed by atoms with Crippen LogP contribution in [0.25, 0.3) is 0 Å². The summed E-state index contributed by atoms with van der Waals surface area (Å²) in [4.78, 5) is 10.5. The topological polar surface area (TPSA) is 17.1 Å². The van der Waals surface area contributed by atoms with Gasteiger partial charge in [0, 0.05) is 5.03 Å². The van der Waals surface area contributed by atoms with Crippen molar-refractivity contribution in [1.29, 1.82) is 0 Å². The fraction of sp³-hybridized carbons (Fsp3) is 0.286. The standard InChI is InChI=1S/C7H7Cl2FO/c1-3-5(10)6(4(2)8)7(9)11/h3H,1-2H3. The average molecular weight is 197 g/mol. The zero-order valence-corrected chi connectivity index (χ0v) is 7.63. The quantitative estimate of drug-likeness (QED) is 0.377. The minimum absolute atomic E-state index is 0.0561. The predicted octanol–water partition coefficient (Wildman–Crippen LogP) is 3.14. The number of carbonyl (C=O) groups excluding carboxylic acids is 1. The van der Waals surface area contributed by atoms with E-state index in [1.807, 2.05) is 0 Å². The van der Waals surface area contributed by atoms with E-state index in [1.165, 1.54) is 13.8 Å². The Balaban J connectivity index is 4.95. The lowest BCUT2D eigenvalue weighted by atomic mass is 10.2. The molecule has 0 fully saturated rings. The van der Waals surface area contributed by atoms with E-state index in [-0.39, 0.29) is 10.6 Å². The van der Waals surface area contributed by atoms with Gasteiger partial charge in [-0.3, -0.25) is 4.79 Å².